The fraction of sp³-hybridized carbons (Fsp3) is 0.312. The van der Waals surface area contributed by atoms with Crippen LogP contribution < -0.4 is 10.6 Å². The van der Waals surface area contributed by atoms with Crippen molar-refractivity contribution in [2.75, 3.05) is 11.5 Å². The molecule has 0 saturated carbocycles. The maximum absolute atomic E-state index is 12.3. The second-order valence-electron chi connectivity index (χ2n) is 5.71. The van der Waals surface area contributed by atoms with Gasteiger partial charge < -0.3 is 15.1 Å². The molecule has 1 aromatic carbocycles. The number of nitrogens with one attached hydrogen (secondary N) is 1. The average Bonchev–Trinajstić information content (AvgIpc) is 3.13. The van der Waals surface area contributed by atoms with E-state index in [1.54, 1.807) is 36.6 Å². The molecule has 0 spiro atoms. The number of carbonyl (C=O) groups excluding carboxylic acids is 1. The third kappa shape index (κ3) is 4.00. The van der Waals surface area contributed by atoms with E-state index in [-0.39, 0.29) is 23.5 Å². The SMILES string of the molecule is O=C(N[C@@H]1CS(=O)(=O)C[C@H]1[NH2+]Cc1ccco1)c1ccccc1. The summed E-state index contributed by atoms with van der Waals surface area (Å²) in [5.74, 6) is 0.574. The zero-order valence-electron chi connectivity index (χ0n) is 12.5. The Balaban J connectivity index is 1.66. The van der Waals surface area contributed by atoms with Gasteiger partial charge in [0.1, 0.15) is 18.3 Å². The number of carbonyl (C=O) groups is 1. The lowest BCUT2D eigenvalue weighted by Crippen LogP contribution is -2.92. The van der Waals surface area contributed by atoms with Crippen molar-refractivity contribution in [3.8, 4) is 0 Å². The van der Waals surface area contributed by atoms with Gasteiger partial charge in [0, 0.05) is 5.56 Å². The minimum atomic E-state index is -3.14. The van der Waals surface area contributed by atoms with Crippen molar-refractivity contribution in [3.05, 3.63) is 60.1 Å². The van der Waals surface area contributed by atoms with Crippen LogP contribution in [-0.2, 0) is 16.4 Å². The third-order valence-electron chi connectivity index (χ3n) is 3.95. The number of hydrogen-bond donors (Lipinski definition) is 2. The summed E-state index contributed by atoms with van der Waals surface area (Å²) in [5, 5.41) is 4.77. The summed E-state index contributed by atoms with van der Waals surface area (Å²) < 4.78 is 29.1. The lowest BCUT2D eigenvalue weighted by Gasteiger charge is -2.17. The topological polar surface area (TPSA) is 93.0 Å². The summed E-state index contributed by atoms with van der Waals surface area (Å²) in [4.78, 5) is 12.3. The minimum Gasteiger partial charge on any atom is -0.463 e. The van der Waals surface area contributed by atoms with E-state index in [2.05, 4.69) is 5.32 Å². The van der Waals surface area contributed by atoms with E-state index in [0.717, 1.165) is 5.76 Å². The zero-order chi connectivity index (χ0) is 16.3. The normalized spacial score (nSPS) is 22.8. The van der Waals surface area contributed by atoms with Gasteiger partial charge in [-0.25, -0.2) is 8.42 Å². The van der Waals surface area contributed by atoms with E-state index in [4.69, 9.17) is 4.42 Å². The highest BCUT2D eigenvalue weighted by atomic mass is 32.2. The van der Waals surface area contributed by atoms with Gasteiger partial charge in [0.2, 0.25) is 0 Å². The number of furan rings is 1. The first-order valence-electron chi connectivity index (χ1n) is 7.45. The molecule has 2 atom stereocenters. The van der Waals surface area contributed by atoms with Crippen molar-refractivity contribution in [1.29, 1.82) is 0 Å². The Morgan fingerprint density at radius 3 is 2.65 bits per heavy atom. The molecule has 3 rings (SSSR count). The lowest BCUT2D eigenvalue weighted by atomic mass is 10.1. The lowest BCUT2D eigenvalue weighted by molar-refractivity contribution is -0.702. The number of rotatable bonds is 5. The molecule has 7 heteroatoms. The average molecular weight is 335 g/mol. The van der Waals surface area contributed by atoms with E-state index in [1.807, 2.05) is 17.4 Å². The molecule has 1 aliphatic rings. The number of amides is 1. The van der Waals surface area contributed by atoms with E-state index in [1.165, 1.54) is 0 Å². The summed E-state index contributed by atoms with van der Waals surface area (Å²) >= 11 is 0. The predicted molar refractivity (Wildman–Crippen MR) is 84.5 cm³/mol. The summed E-state index contributed by atoms with van der Waals surface area (Å²) in [6.07, 6.45) is 1.59. The Kier molecular flexibility index (Phi) is 4.49. The Bertz CT molecular complexity index is 757. The molecule has 1 aromatic heterocycles. The summed E-state index contributed by atoms with van der Waals surface area (Å²) in [5.41, 5.74) is 0.529. The summed E-state index contributed by atoms with van der Waals surface area (Å²) in [7, 11) is -3.14. The summed E-state index contributed by atoms with van der Waals surface area (Å²) in [6, 6.07) is 11.8. The maximum Gasteiger partial charge on any atom is 0.251 e. The molecule has 2 heterocycles. The van der Waals surface area contributed by atoms with E-state index < -0.39 is 15.9 Å². The van der Waals surface area contributed by atoms with Crippen molar-refractivity contribution < 1.29 is 22.9 Å². The van der Waals surface area contributed by atoms with Crippen LogP contribution in [0.2, 0.25) is 0 Å². The van der Waals surface area contributed by atoms with Gasteiger partial charge in [-0.3, -0.25) is 4.79 Å². The Hall–Kier alpha value is -2.12. The molecule has 2 aromatic rings. The molecule has 0 unspecified atom stereocenters. The third-order valence-corrected chi connectivity index (χ3v) is 5.71. The molecule has 1 amide bonds. The number of benzene rings is 1. The van der Waals surface area contributed by atoms with Crippen LogP contribution in [0.4, 0.5) is 0 Å². The molecule has 0 aliphatic carbocycles. The maximum atomic E-state index is 12.3. The number of quaternary nitrogens is 1. The molecule has 122 valence electrons. The summed E-state index contributed by atoms with van der Waals surface area (Å²) in [6.45, 7) is 0.547. The number of hydrogen-bond acceptors (Lipinski definition) is 4. The molecule has 1 aliphatic heterocycles. The first-order valence-corrected chi connectivity index (χ1v) is 9.28. The minimum absolute atomic E-state index is 0.0229. The van der Waals surface area contributed by atoms with E-state index >= 15 is 0 Å². The van der Waals surface area contributed by atoms with Crippen LogP contribution in [-0.4, -0.2) is 37.9 Å². The van der Waals surface area contributed by atoms with Crippen molar-refractivity contribution >= 4 is 15.7 Å². The van der Waals surface area contributed by atoms with Gasteiger partial charge in [-0.05, 0) is 24.3 Å². The second kappa shape index (κ2) is 6.55. The van der Waals surface area contributed by atoms with Crippen LogP contribution in [0.15, 0.2) is 53.1 Å². The van der Waals surface area contributed by atoms with Gasteiger partial charge in [0.05, 0.1) is 18.1 Å². The first kappa shape index (κ1) is 15.8. The monoisotopic (exact) mass is 335 g/mol. The van der Waals surface area contributed by atoms with Crippen molar-refractivity contribution in [3.63, 3.8) is 0 Å². The number of nitrogens with two attached hydrogens (primary N) is 1. The van der Waals surface area contributed by atoms with Crippen LogP contribution >= 0.6 is 0 Å². The molecule has 0 bridgehead atoms. The van der Waals surface area contributed by atoms with Gasteiger partial charge in [0.15, 0.2) is 15.6 Å². The van der Waals surface area contributed by atoms with Gasteiger partial charge in [0.25, 0.3) is 5.91 Å². The molecular weight excluding hydrogens is 316 g/mol. The molecular formula is C16H19N2O4S+. The zero-order valence-corrected chi connectivity index (χ0v) is 13.3. The van der Waals surface area contributed by atoms with E-state index in [9.17, 15) is 13.2 Å². The fourth-order valence-electron chi connectivity index (χ4n) is 2.79. The highest BCUT2D eigenvalue weighted by Crippen LogP contribution is 2.11. The van der Waals surface area contributed by atoms with E-state index in [0.29, 0.717) is 12.1 Å². The molecule has 0 radical (unpaired) electrons. The Morgan fingerprint density at radius 1 is 1.17 bits per heavy atom. The largest absolute Gasteiger partial charge is 0.463 e. The fourth-order valence-corrected chi connectivity index (χ4v) is 4.76. The number of sulfone groups is 1. The van der Waals surface area contributed by atoms with Crippen LogP contribution in [0.5, 0.6) is 0 Å². The van der Waals surface area contributed by atoms with Crippen LogP contribution in [0.25, 0.3) is 0 Å². The molecule has 3 N–H and O–H groups in total. The van der Waals surface area contributed by atoms with Crippen molar-refractivity contribution in [2.45, 2.75) is 18.6 Å². The molecule has 6 nitrogen and oxygen atoms in total. The first-order chi connectivity index (χ1) is 11.0. The predicted octanol–water partition coefficient (Wildman–Crippen LogP) is -0.0614. The van der Waals surface area contributed by atoms with Crippen molar-refractivity contribution in [1.82, 2.24) is 5.32 Å². The van der Waals surface area contributed by atoms with Gasteiger partial charge >= 0.3 is 0 Å². The standard InChI is InChI=1S/C16H18N2O4S/c19-16(12-5-2-1-3-6-12)18-15-11-23(20,21)10-14(15)17-9-13-7-4-8-22-13/h1-8,14-15,17H,9-11H2,(H,18,19)/p+1/t14-,15-/m1/s1. The second-order valence-corrected chi connectivity index (χ2v) is 7.86. The highest BCUT2D eigenvalue weighted by molar-refractivity contribution is 7.91. The van der Waals surface area contributed by atoms with Crippen LogP contribution in [0, 0.1) is 0 Å². The molecule has 23 heavy (non-hydrogen) atoms. The van der Waals surface area contributed by atoms with Crippen molar-refractivity contribution in [2.24, 2.45) is 0 Å². The Labute approximate surface area is 134 Å². The van der Waals surface area contributed by atoms with Gasteiger partial charge in [-0.15, -0.1) is 0 Å². The highest BCUT2D eigenvalue weighted by Gasteiger charge is 2.41. The molecule has 1 fully saturated rings. The van der Waals surface area contributed by atoms with Gasteiger partial charge in [-0.2, -0.15) is 0 Å². The van der Waals surface area contributed by atoms with Gasteiger partial charge in [-0.1, -0.05) is 18.2 Å². The smallest absolute Gasteiger partial charge is 0.251 e. The quantitative estimate of drug-likeness (QED) is 0.800. The molecule has 1 saturated heterocycles. The van der Waals surface area contributed by atoms with Crippen LogP contribution in [0.3, 0.4) is 0 Å². The van der Waals surface area contributed by atoms with Crippen LogP contribution in [0.1, 0.15) is 16.1 Å². The Morgan fingerprint density at radius 2 is 1.96 bits per heavy atom.